The molecule has 0 fully saturated rings. The molecular formula is C18H22N2O5S. The Labute approximate surface area is 153 Å². The molecule has 0 atom stereocenters. The first-order valence-electron chi connectivity index (χ1n) is 7.89. The fourth-order valence-corrected chi connectivity index (χ4v) is 3.78. The minimum atomic E-state index is -3.93. The van der Waals surface area contributed by atoms with Gasteiger partial charge in [-0.3, -0.25) is 4.79 Å². The van der Waals surface area contributed by atoms with E-state index in [-0.39, 0.29) is 18.0 Å². The molecular weight excluding hydrogens is 356 g/mol. The van der Waals surface area contributed by atoms with Gasteiger partial charge in [-0.2, -0.15) is 4.31 Å². The predicted octanol–water partition coefficient (Wildman–Crippen LogP) is 1.64. The molecule has 7 nitrogen and oxygen atoms in total. The number of methoxy groups -OCH3 is 2. The molecule has 2 rings (SSSR count). The van der Waals surface area contributed by atoms with Gasteiger partial charge in [-0.05, 0) is 17.7 Å². The van der Waals surface area contributed by atoms with Crippen molar-refractivity contribution >= 4 is 15.9 Å². The highest BCUT2D eigenvalue weighted by Gasteiger charge is 2.27. The van der Waals surface area contributed by atoms with Crippen molar-refractivity contribution in [3.63, 3.8) is 0 Å². The quantitative estimate of drug-likeness (QED) is 0.755. The lowest BCUT2D eigenvalue weighted by Crippen LogP contribution is -2.39. The number of hydrogen-bond donors (Lipinski definition) is 1. The maximum absolute atomic E-state index is 13.1. The summed E-state index contributed by atoms with van der Waals surface area (Å²) in [6.07, 6.45) is 0. The minimum absolute atomic E-state index is 0.0231. The van der Waals surface area contributed by atoms with Gasteiger partial charge in [0, 0.05) is 19.7 Å². The second kappa shape index (κ2) is 8.68. The van der Waals surface area contributed by atoms with Crippen molar-refractivity contribution in [2.45, 2.75) is 11.4 Å². The van der Waals surface area contributed by atoms with Crippen LogP contribution in [0.3, 0.4) is 0 Å². The molecule has 0 bridgehead atoms. The number of likely N-dealkylation sites (N-methyl/N-ethyl adjacent to an activating group) is 1. The number of sulfonamides is 1. The zero-order valence-corrected chi connectivity index (χ0v) is 15.7. The monoisotopic (exact) mass is 378 g/mol. The molecule has 2 aromatic carbocycles. The summed E-state index contributed by atoms with van der Waals surface area (Å²) in [6.45, 7) is -0.215. The van der Waals surface area contributed by atoms with Crippen LogP contribution >= 0.6 is 0 Å². The Bertz CT molecular complexity index is 853. The third kappa shape index (κ3) is 4.53. The van der Waals surface area contributed by atoms with Crippen LogP contribution < -0.4 is 14.8 Å². The summed E-state index contributed by atoms with van der Waals surface area (Å²) in [7, 11) is 0.442. The minimum Gasteiger partial charge on any atom is -0.493 e. The van der Waals surface area contributed by atoms with Gasteiger partial charge in [0.1, 0.15) is 0 Å². The zero-order chi connectivity index (χ0) is 19.2. The van der Waals surface area contributed by atoms with Crippen molar-refractivity contribution < 1.29 is 22.7 Å². The van der Waals surface area contributed by atoms with Crippen molar-refractivity contribution in [2.75, 3.05) is 27.8 Å². The average Bonchev–Trinajstić information content (AvgIpc) is 2.67. The molecule has 8 heteroatoms. The Hall–Kier alpha value is -2.58. The van der Waals surface area contributed by atoms with E-state index < -0.39 is 15.9 Å². The van der Waals surface area contributed by atoms with Crippen molar-refractivity contribution in [1.29, 1.82) is 0 Å². The van der Waals surface area contributed by atoms with Crippen LogP contribution in [0.5, 0.6) is 11.5 Å². The van der Waals surface area contributed by atoms with Crippen LogP contribution in [0, 0.1) is 0 Å². The molecule has 0 saturated heterocycles. The summed E-state index contributed by atoms with van der Waals surface area (Å²) in [5.74, 6) is 0.325. The Morgan fingerprint density at radius 1 is 1.04 bits per heavy atom. The number of rotatable bonds is 8. The lowest BCUT2D eigenvalue weighted by molar-refractivity contribution is -0.120. The van der Waals surface area contributed by atoms with Gasteiger partial charge in [-0.25, -0.2) is 8.42 Å². The highest BCUT2D eigenvalue weighted by molar-refractivity contribution is 7.89. The van der Waals surface area contributed by atoms with E-state index in [9.17, 15) is 13.2 Å². The molecule has 140 valence electrons. The molecule has 0 saturated carbocycles. The first-order valence-corrected chi connectivity index (χ1v) is 9.33. The molecule has 0 heterocycles. The molecule has 2 aromatic rings. The lowest BCUT2D eigenvalue weighted by Gasteiger charge is -2.22. The number of carbonyl (C=O) groups is 1. The maximum atomic E-state index is 13.1. The fourth-order valence-electron chi connectivity index (χ4n) is 2.38. The topological polar surface area (TPSA) is 84.9 Å². The smallest absolute Gasteiger partial charge is 0.243 e. The van der Waals surface area contributed by atoms with Crippen LogP contribution in [-0.2, 0) is 21.4 Å². The van der Waals surface area contributed by atoms with Crippen LogP contribution in [-0.4, -0.2) is 46.4 Å². The van der Waals surface area contributed by atoms with Crippen molar-refractivity contribution in [1.82, 2.24) is 9.62 Å². The number of hydrogen-bond acceptors (Lipinski definition) is 5. The van der Waals surface area contributed by atoms with E-state index in [4.69, 9.17) is 9.47 Å². The van der Waals surface area contributed by atoms with Crippen LogP contribution in [0.25, 0.3) is 0 Å². The van der Waals surface area contributed by atoms with E-state index in [1.54, 1.807) is 12.1 Å². The third-order valence-corrected chi connectivity index (χ3v) is 5.58. The predicted molar refractivity (Wildman–Crippen MR) is 97.7 cm³/mol. The van der Waals surface area contributed by atoms with Crippen LogP contribution in [0.4, 0.5) is 0 Å². The Morgan fingerprint density at radius 2 is 1.69 bits per heavy atom. The first kappa shape index (κ1) is 19.7. The molecule has 0 aliphatic rings. The van der Waals surface area contributed by atoms with Crippen molar-refractivity contribution in [2.24, 2.45) is 0 Å². The summed E-state index contributed by atoms with van der Waals surface area (Å²) in [5.41, 5.74) is 0.778. The van der Waals surface area contributed by atoms with Gasteiger partial charge < -0.3 is 14.8 Å². The SMILES string of the molecule is CNC(=O)CN(Cc1ccccc1)S(=O)(=O)c1ccc(OC)c(OC)c1. The van der Waals surface area contributed by atoms with E-state index in [2.05, 4.69) is 5.32 Å². The molecule has 1 N–H and O–H groups in total. The van der Waals surface area contributed by atoms with Gasteiger partial charge in [-0.1, -0.05) is 30.3 Å². The second-order valence-corrected chi connectivity index (χ2v) is 7.39. The molecule has 1 amide bonds. The number of benzene rings is 2. The number of amides is 1. The van der Waals surface area contributed by atoms with E-state index >= 15 is 0 Å². The molecule has 0 aliphatic heterocycles. The molecule has 0 radical (unpaired) electrons. The van der Waals surface area contributed by atoms with E-state index in [0.717, 1.165) is 9.87 Å². The van der Waals surface area contributed by atoms with Gasteiger partial charge >= 0.3 is 0 Å². The first-order chi connectivity index (χ1) is 12.4. The normalized spacial score (nSPS) is 11.2. The molecule has 0 aliphatic carbocycles. The van der Waals surface area contributed by atoms with Gasteiger partial charge in [0.2, 0.25) is 15.9 Å². The Balaban J connectivity index is 2.42. The van der Waals surface area contributed by atoms with E-state index in [1.165, 1.54) is 39.5 Å². The van der Waals surface area contributed by atoms with Gasteiger partial charge in [0.15, 0.2) is 11.5 Å². The summed E-state index contributed by atoms with van der Waals surface area (Å²) < 4.78 is 37.7. The molecule has 0 spiro atoms. The summed E-state index contributed by atoms with van der Waals surface area (Å²) in [5, 5.41) is 2.46. The molecule has 26 heavy (non-hydrogen) atoms. The Morgan fingerprint density at radius 3 is 2.27 bits per heavy atom. The number of nitrogens with zero attached hydrogens (tertiary/aromatic N) is 1. The van der Waals surface area contributed by atoms with Crippen LogP contribution in [0.15, 0.2) is 53.4 Å². The highest BCUT2D eigenvalue weighted by Crippen LogP contribution is 2.31. The maximum Gasteiger partial charge on any atom is 0.243 e. The van der Waals surface area contributed by atoms with Gasteiger partial charge in [-0.15, -0.1) is 0 Å². The second-order valence-electron chi connectivity index (χ2n) is 5.45. The fraction of sp³-hybridized carbons (Fsp3) is 0.278. The largest absolute Gasteiger partial charge is 0.493 e. The molecule has 0 unspecified atom stereocenters. The van der Waals surface area contributed by atoms with E-state index in [0.29, 0.717) is 11.5 Å². The van der Waals surface area contributed by atoms with E-state index in [1.807, 2.05) is 18.2 Å². The summed E-state index contributed by atoms with van der Waals surface area (Å²) in [4.78, 5) is 11.9. The van der Waals surface area contributed by atoms with Crippen molar-refractivity contribution in [3.8, 4) is 11.5 Å². The molecule has 0 aromatic heterocycles. The lowest BCUT2D eigenvalue weighted by atomic mass is 10.2. The number of nitrogens with one attached hydrogen (secondary N) is 1. The zero-order valence-electron chi connectivity index (χ0n) is 14.9. The highest BCUT2D eigenvalue weighted by atomic mass is 32.2. The van der Waals surface area contributed by atoms with Gasteiger partial charge in [0.25, 0.3) is 0 Å². The summed E-state index contributed by atoms with van der Waals surface area (Å²) >= 11 is 0. The van der Waals surface area contributed by atoms with Crippen LogP contribution in [0.1, 0.15) is 5.56 Å². The standard InChI is InChI=1S/C18H22N2O5S/c1-19-18(21)13-20(12-14-7-5-4-6-8-14)26(22,23)15-9-10-16(24-2)17(11-15)25-3/h4-11H,12-13H2,1-3H3,(H,19,21). The number of carbonyl (C=O) groups excluding carboxylic acids is 1. The third-order valence-electron chi connectivity index (χ3n) is 3.79. The Kier molecular flexibility index (Phi) is 6.59. The summed E-state index contributed by atoms with van der Waals surface area (Å²) in [6, 6.07) is 13.4. The average molecular weight is 378 g/mol. The van der Waals surface area contributed by atoms with Gasteiger partial charge in [0.05, 0.1) is 25.7 Å². The van der Waals surface area contributed by atoms with Crippen molar-refractivity contribution in [3.05, 3.63) is 54.1 Å². The van der Waals surface area contributed by atoms with Crippen LogP contribution in [0.2, 0.25) is 0 Å². The number of ether oxygens (including phenoxy) is 2.